The lowest BCUT2D eigenvalue weighted by molar-refractivity contribution is 0.522. The zero-order valence-electron chi connectivity index (χ0n) is 13.1. The molecule has 6 nitrogen and oxygen atoms in total. The average molecular weight is 338 g/mol. The molecule has 2 aromatic heterocycles. The van der Waals surface area contributed by atoms with Gasteiger partial charge in [-0.15, -0.1) is 11.8 Å². The van der Waals surface area contributed by atoms with Crippen molar-refractivity contribution in [1.82, 2.24) is 14.8 Å². The molecular weight excluding hydrogens is 320 g/mol. The van der Waals surface area contributed by atoms with Gasteiger partial charge in [-0.1, -0.05) is 18.6 Å². The molecule has 0 amide bonds. The second-order valence-electron chi connectivity index (χ2n) is 5.88. The first kappa shape index (κ1) is 15.0. The molecule has 122 valence electrons. The number of nitrogens with two attached hydrogens (primary N) is 2. The van der Waals surface area contributed by atoms with Gasteiger partial charge in [0.1, 0.15) is 5.84 Å². The van der Waals surface area contributed by atoms with Gasteiger partial charge in [-0.2, -0.15) is 10.2 Å². The Kier molecular flexibility index (Phi) is 3.86. The quantitative estimate of drug-likeness (QED) is 0.330. The number of rotatable bonds is 4. The monoisotopic (exact) mass is 338 g/mol. The Morgan fingerprint density at radius 3 is 2.88 bits per heavy atom. The molecule has 1 fully saturated rings. The van der Waals surface area contributed by atoms with Gasteiger partial charge in [0.05, 0.1) is 11.9 Å². The van der Waals surface area contributed by atoms with Gasteiger partial charge in [0.2, 0.25) is 0 Å². The number of hydrogen-bond acceptors (Lipinski definition) is 5. The molecule has 24 heavy (non-hydrogen) atoms. The highest BCUT2D eigenvalue weighted by atomic mass is 32.2. The zero-order chi connectivity index (χ0) is 16.5. The van der Waals surface area contributed by atoms with E-state index in [1.807, 2.05) is 48.4 Å². The van der Waals surface area contributed by atoms with E-state index in [0.717, 1.165) is 27.5 Å². The van der Waals surface area contributed by atoms with Crippen molar-refractivity contribution in [1.29, 1.82) is 0 Å². The Balaban J connectivity index is 1.69. The highest BCUT2D eigenvalue weighted by Crippen LogP contribution is 2.36. The largest absolute Gasteiger partial charge is 0.382 e. The van der Waals surface area contributed by atoms with Crippen molar-refractivity contribution in [2.45, 2.75) is 29.4 Å². The molecule has 0 unspecified atom stereocenters. The summed E-state index contributed by atoms with van der Waals surface area (Å²) in [6.07, 6.45) is 7.73. The van der Waals surface area contributed by atoms with Crippen LogP contribution in [0.15, 0.2) is 52.7 Å². The zero-order valence-corrected chi connectivity index (χ0v) is 13.9. The summed E-state index contributed by atoms with van der Waals surface area (Å²) >= 11 is 1.91. The van der Waals surface area contributed by atoms with E-state index in [4.69, 9.17) is 11.6 Å². The van der Waals surface area contributed by atoms with E-state index in [-0.39, 0.29) is 0 Å². The fraction of sp³-hybridized carbons (Fsp3) is 0.235. The maximum absolute atomic E-state index is 5.79. The summed E-state index contributed by atoms with van der Waals surface area (Å²) in [4.78, 5) is 5.83. The normalized spacial score (nSPS) is 15.6. The topological polar surface area (TPSA) is 95.1 Å². The van der Waals surface area contributed by atoms with Crippen LogP contribution in [0, 0.1) is 0 Å². The summed E-state index contributed by atoms with van der Waals surface area (Å²) < 4.78 is 1.81. The van der Waals surface area contributed by atoms with Crippen LogP contribution < -0.4 is 11.6 Å². The van der Waals surface area contributed by atoms with Crippen molar-refractivity contribution in [3.8, 4) is 5.69 Å². The lowest BCUT2D eigenvalue weighted by atomic mass is 10.0. The number of aromatic nitrogens is 3. The maximum atomic E-state index is 5.79. The average Bonchev–Trinajstić information content (AvgIpc) is 3.00. The van der Waals surface area contributed by atoms with Crippen molar-refractivity contribution in [2.24, 2.45) is 16.7 Å². The summed E-state index contributed by atoms with van der Waals surface area (Å²) in [6.45, 7) is 0. The van der Waals surface area contributed by atoms with Gasteiger partial charge in [-0.3, -0.25) is 0 Å². The van der Waals surface area contributed by atoms with Crippen molar-refractivity contribution in [3.63, 3.8) is 0 Å². The Morgan fingerprint density at radius 1 is 1.25 bits per heavy atom. The van der Waals surface area contributed by atoms with Gasteiger partial charge in [0, 0.05) is 27.3 Å². The van der Waals surface area contributed by atoms with Crippen LogP contribution in [0.2, 0.25) is 0 Å². The number of hydrazone groups is 1. The van der Waals surface area contributed by atoms with Crippen LogP contribution in [0.4, 0.5) is 0 Å². The number of thioether (sulfide) groups is 1. The minimum absolute atomic E-state index is 0.292. The molecule has 0 atom stereocenters. The van der Waals surface area contributed by atoms with Crippen LogP contribution in [-0.4, -0.2) is 25.9 Å². The third-order valence-electron chi connectivity index (χ3n) is 4.26. The third-order valence-corrected chi connectivity index (χ3v) is 5.56. The molecule has 1 aliphatic carbocycles. The molecule has 0 radical (unpaired) electrons. The number of nitrogens with zero attached hydrogens (tertiary/aromatic N) is 4. The van der Waals surface area contributed by atoms with Crippen LogP contribution in [0.3, 0.4) is 0 Å². The Hall–Kier alpha value is -2.54. The minimum atomic E-state index is 0.292. The molecule has 1 aliphatic rings. The van der Waals surface area contributed by atoms with E-state index >= 15 is 0 Å². The highest BCUT2D eigenvalue weighted by Gasteiger charge is 2.19. The van der Waals surface area contributed by atoms with Gasteiger partial charge in [0.25, 0.3) is 0 Å². The summed E-state index contributed by atoms with van der Waals surface area (Å²) in [5.41, 5.74) is 8.25. The molecule has 4 N–H and O–H groups in total. The molecule has 0 spiro atoms. The van der Waals surface area contributed by atoms with Crippen molar-refractivity contribution in [3.05, 3.63) is 48.3 Å². The van der Waals surface area contributed by atoms with Crippen LogP contribution in [0.25, 0.3) is 16.7 Å². The van der Waals surface area contributed by atoms with Gasteiger partial charge in [-0.25, -0.2) is 9.67 Å². The van der Waals surface area contributed by atoms with Gasteiger partial charge < -0.3 is 11.6 Å². The minimum Gasteiger partial charge on any atom is -0.382 e. The summed E-state index contributed by atoms with van der Waals surface area (Å²) in [5.74, 6) is 5.55. The van der Waals surface area contributed by atoms with Crippen LogP contribution in [0.1, 0.15) is 24.8 Å². The first-order valence-corrected chi connectivity index (χ1v) is 8.77. The number of pyridine rings is 1. The Labute approximate surface area is 143 Å². The van der Waals surface area contributed by atoms with Crippen LogP contribution in [-0.2, 0) is 0 Å². The van der Waals surface area contributed by atoms with Crippen LogP contribution >= 0.6 is 11.8 Å². The molecule has 1 aromatic carbocycles. The summed E-state index contributed by atoms with van der Waals surface area (Å²) in [7, 11) is 0. The number of benzene rings is 1. The predicted octanol–water partition coefficient (Wildman–Crippen LogP) is 2.64. The highest BCUT2D eigenvalue weighted by molar-refractivity contribution is 8.00. The van der Waals surface area contributed by atoms with Gasteiger partial charge >= 0.3 is 0 Å². The number of amidine groups is 1. The van der Waals surface area contributed by atoms with E-state index in [9.17, 15) is 0 Å². The Morgan fingerprint density at radius 2 is 2.12 bits per heavy atom. The standard InChI is InChI=1S/C17H18N6S/c18-16(22-19)11-3-1-4-13(7-11)23-17-12(9-21-23)8-15(10-20-17)24-14-5-2-6-14/h1,3-4,7-10,14H,2,5-6,19H2,(H2,18,22). The van der Waals surface area contributed by atoms with Crippen LogP contribution in [0.5, 0.6) is 0 Å². The predicted molar refractivity (Wildman–Crippen MR) is 97.3 cm³/mol. The summed E-state index contributed by atoms with van der Waals surface area (Å²) in [5, 5.41) is 9.80. The van der Waals surface area contributed by atoms with Gasteiger partial charge in [-0.05, 0) is 31.0 Å². The molecule has 1 saturated carbocycles. The van der Waals surface area contributed by atoms with E-state index in [1.54, 1.807) is 4.68 Å². The first-order valence-electron chi connectivity index (χ1n) is 7.89. The molecule has 2 heterocycles. The molecule has 0 bridgehead atoms. The van der Waals surface area contributed by atoms with Crippen molar-refractivity contribution in [2.75, 3.05) is 0 Å². The van der Waals surface area contributed by atoms with Gasteiger partial charge in [0.15, 0.2) is 5.65 Å². The first-order chi connectivity index (χ1) is 11.7. The van der Waals surface area contributed by atoms with E-state index < -0.39 is 0 Å². The van der Waals surface area contributed by atoms with E-state index in [0.29, 0.717) is 5.84 Å². The third kappa shape index (κ3) is 2.71. The van der Waals surface area contributed by atoms with Crippen molar-refractivity contribution < 1.29 is 0 Å². The lowest BCUT2D eigenvalue weighted by Gasteiger charge is -2.24. The second-order valence-corrected chi connectivity index (χ2v) is 7.25. The lowest BCUT2D eigenvalue weighted by Crippen LogP contribution is -2.15. The maximum Gasteiger partial charge on any atom is 0.162 e. The molecule has 0 aliphatic heterocycles. The van der Waals surface area contributed by atoms with Crippen molar-refractivity contribution >= 4 is 28.6 Å². The molecule has 7 heteroatoms. The molecule has 0 saturated heterocycles. The fourth-order valence-electron chi connectivity index (χ4n) is 2.71. The van der Waals surface area contributed by atoms with E-state index in [1.165, 1.54) is 24.2 Å². The molecular formula is C17H18N6S. The summed E-state index contributed by atoms with van der Waals surface area (Å²) in [6, 6.07) is 9.78. The smallest absolute Gasteiger partial charge is 0.162 e. The Bertz CT molecular complexity index is 912. The molecule has 3 aromatic rings. The molecule has 4 rings (SSSR count). The SMILES string of the molecule is N/N=C(\N)c1cccc(-n2ncc3cc(SC4CCC4)cnc32)c1. The number of fused-ring (bicyclic) bond motifs is 1. The second kappa shape index (κ2) is 6.16. The van der Waals surface area contributed by atoms with E-state index in [2.05, 4.69) is 21.3 Å². The fourth-order valence-corrected chi connectivity index (χ4v) is 3.97. The number of hydrogen-bond donors (Lipinski definition) is 2.